The topological polar surface area (TPSA) is 51.2 Å². The Balaban J connectivity index is 1.58. The summed E-state index contributed by atoms with van der Waals surface area (Å²) in [7, 11) is 0. The van der Waals surface area contributed by atoms with Crippen LogP contribution in [-0.4, -0.2) is 36.6 Å². The van der Waals surface area contributed by atoms with Gasteiger partial charge in [-0.3, -0.25) is 4.79 Å². The number of morpholine rings is 1. The maximum absolute atomic E-state index is 12.1. The van der Waals surface area contributed by atoms with Crippen LogP contribution in [0.3, 0.4) is 0 Å². The molecule has 0 amide bonds. The third-order valence-electron chi connectivity index (χ3n) is 3.43. The number of hydrogen-bond acceptors (Lipinski definition) is 5. The highest BCUT2D eigenvalue weighted by molar-refractivity contribution is 7.10. The molecule has 3 rings (SSSR count). The molecule has 21 heavy (non-hydrogen) atoms. The summed E-state index contributed by atoms with van der Waals surface area (Å²) in [4.78, 5) is 16.6. The Morgan fingerprint density at radius 3 is 3.00 bits per heavy atom. The summed E-state index contributed by atoms with van der Waals surface area (Å²) in [5.74, 6) is 0.192. The van der Waals surface area contributed by atoms with Crippen LogP contribution < -0.4 is 5.32 Å². The predicted molar refractivity (Wildman–Crippen MR) is 83.5 cm³/mol. The van der Waals surface area contributed by atoms with Gasteiger partial charge in [-0.05, 0) is 0 Å². The highest BCUT2D eigenvalue weighted by Crippen LogP contribution is 2.22. The molecule has 1 aliphatic rings. The number of carbonyl (C=O) groups is 1. The van der Waals surface area contributed by atoms with Gasteiger partial charge in [-0.2, -0.15) is 0 Å². The van der Waals surface area contributed by atoms with Crippen molar-refractivity contribution in [3.05, 3.63) is 40.7 Å². The van der Waals surface area contributed by atoms with Crippen LogP contribution >= 0.6 is 11.3 Å². The molecular weight excluding hydrogens is 284 g/mol. The molecule has 1 aliphatic heterocycles. The number of ketones is 1. The zero-order valence-electron chi connectivity index (χ0n) is 11.7. The third kappa shape index (κ3) is 3.97. The van der Waals surface area contributed by atoms with E-state index in [1.807, 2.05) is 35.7 Å². The average molecular weight is 302 g/mol. The Morgan fingerprint density at radius 1 is 1.38 bits per heavy atom. The fourth-order valence-corrected chi connectivity index (χ4v) is 3.21. The molecule has 2 aromatic rings. The van der Waals surface area contributed by atoms with Gasteiger partial charge in [0.25, 0.3) is 0 Å². The summed E-state index contributed by atoms with van der Waals surface area (Å²) in [6, 6.07) is 10.0. The molecular formula is C16H18N2O2S. The molecule has 1 unspecified atom stereocenters. The number of benzene rings is 1. The van der Waals surface area contributed by atoms with Crippen LogP contribution in [0, 0.1) is 0 Å². The highest BCUT2D eigenvalue weighted by atomic mass is 32.1. The van der Waals surface area contributed by atoms with Crippen molar-refractivity contribution in [3.63, 3.8) is 0 Å². The van der Waals surface area contributed by atoms with Crippen LogP contribution in [0.2, 0.25) is 0 Å². The van der Waals surface area contributed by atoms with E-state index in [1.165, 1.54) is 0 Å². The van der Waals surface area contributed by atoms with Gasteiger partial charge in [0.15, 0.2) is 0 Å². The number of rotatable bonds is 5. The lowest BCUT2D eigenvalue weighted by Gasteiger charge is -2.22. The summed E-state index contributed by atoms with van der Waals surface area (Å²) < 4.78 is 5.56. The lowest BCUT2D eigenvalue weighted by atomic mass is 10.1. The SMILES string of the molecule is O=C(Cc1nc(-c2ccccc2)cs1)CC1CNCCO1. The molecule has 0 bridgehead atoms. The van der Waals surface area contributed by atoms with Crippen LogP contribution in [0.1, 0.15) is 11.4 Å². The number of aromatic nitrogens is 1. The number of Topliss-reactive ketones (excluding diaryl/α,β-unsaturated/α-hetero) is 1. The molecule has 1 saturated heterocycles. The van der Waals surface area contributed by atoms with Crippen molar-refractivity contribution in [1.82, 2.24) is 10.3 Å². The molecule has 5 heteroatoms. The fourth-order valence-electron chi connectivity index (χ4n) is 2.38. The summed E-state index contributed by atoms with van der Waals surface area (Å²) in [5, 5.41) is 6.13. The van der Waals surface area contributed by atoms with E-state index in [-0.39, 0.29) is 11.9 Å². The van der Waals surface area contributed by atoms with Gasteiger partial charge in [-0.1, -0.05) is 30.3 Å². The third-order valence-corrected chi connectivity index (χ3v) is 4.28. The molecule has 2 heterocycles. The largest absolute Gasteiger partial charge is 0.375 e. The van der Waals surface area contributed by atoms with E-state index in [0.717, 1.165) is 29.4 Å². The van der Waals surface area contributed by atoms with Gasteiger partial charge in [-0.15, -0.1) is 11.3 Å². The van der Waals surface area contributed by atoms with E-state index in [2.05, 4.69) is 10.3 Å². The molecule has 110 valence electrons. The standard InChI is InChI=1S/C16H18N2O2S/c19-13(8-14-10-17-6-7-20-14)9-16-18-15(11-21-16)12-4-2-1-3-5-12/h1-5,11,14,17H,6-10H2. The molecule has 0 aliphatic carbocycles. The summed E-state index contributed by atoms with van der Waals surface area (Å²) in [6.07, 6.45) is 0.879. The van der Waals surface area contributed by atoms with Gasteiger partial charge in [-0.25, -0.2) is 4.98 Å². The number of nitrogens with one attached hydrogen (secondary N) is 1. The van der Waals surface area contributed by atoms with Gasteiger partial charge < -0.3 is 10.1 Å². The van der Waals surface area contributed by atoms with E-state index >= 15 is 0 Å². The van der Waals surface area contributed by atoms with Gasteiger partial charge in [0.2, 0.25) is 0 Å². The molecule has 0 spiro atoms. The average Bonchev–Trinajstić information content (AvgIpc) is 2.97. The first-order chi connectivity index (χ1) is 10.3. The molecule has 4 nitrogen and oxygen atoms in total. The first-order valence-electron chi connectivity index (χ1n) is 7.15. The first-order valence-corrected chi connectivity index (χ1v) is 8.03. The molecule has 1 atom stereocenters. The Labute approximate surface area is 128 Å². The van der Waals surface area contributed by atoms with E-state index in [9.17, 15) is 4.79 Å². The van der Waals surface area contributed by atoms with Crippen molar-refractivity contribution in [2.45, 2.75) is 18.9 Å². The van der Waals surface area contributed by atoms with E-state index in [4.69, 9.17) is 4.74 Å². The van der Waals surface area contributed by atoms with Crippen LogP contribution in [0.25, 0.3) is 11.3 Å². The lowest BCUT2D eigenvalue weighted by Crippen LogP contribution is -2.39. The van der Waals surface area contributed by atoms with Gasteiger partial charge in [0.1, 0.15) is 10.8 Å². The second-order valence-corrected chi connectivity index (χ2v) is 6.05. The van der Waals surface area contributed by atoms with Gasteiger partial charge in [0, 0.05) is 30.5 Å². The van der Waals surface area contributed by atoms with Crippen LogP contribution in [0.15, 0.2) is 35.7 Å². The highest BCUT2D eigenvalue weighted by Gasteiger charge is 2.18. The minimum atomic E-state index is 0.0137. The van der Waals surface area contributed by atoms with E-state index in [1.54, 1.807) is 11.3 Å². The van der Waals surface area contributed by atoms with E-state index < -0.39 is 0 Å². The maximum Gasteiger partial charge on any atom is 0.142 e. The van der Waals surface area contributed by atoms with Crippen molar-refractivity contribution < 1.29 is 9.53 Å². The predicted octanol–water partition coefficient (Wildman–Crippen LogP) is 2.30. The van der Waals surface area contributed by atoms with Crippen molar-refractivity contribution in [1.29, 1.82) is 0 Å². The Bertz CT molecular complexity index is 591. The van der Waals surface area contributed by atoms with Gasteiger partial charge in [0.05, 0.1) is 24.8 Å². The summed E-state index contributed by atoms with van der Waals surface area (Å²) in [5.41, 5.74) is 2.03. The number of carbonyl (C=O) groups excluding carboxylic acids is 1. The second kappa shape index (κ2) is 6.93. The minimum absolute atomic E-state index is 0.0137. The monoisotopic (exact) mass is 302 g/mol. The Kier molecular flexibility index (Phi) is 4.75. The number of nitrogens with zero attached hydrogens (tertiary/aromatic N) is 1. The molecule has 0 saturated carbocycles. The summed E-state index contributed by atoms with van der Waals surface area (Å²) >= 11 is 1.55. The molecule has 1 aromatic heterocycles. The molecule has 1 aromatic carbocycles. The van der Waals surface area contributed by atoms with Crippen LogP contribution in [0.4, 0.5) is 0 Å². The van der Waals surface area contributed by atoms with E-state index in [0.29, 0.717) is 19.4 Å². The van der Waals surface area contributed by atoms with Gasteiger partial charge >= 0.3 is 0 Å². The number of thiazole rings is 1. The van der Waals surface area contributed by atoms with Crippen LogP contribution in [-0.2, 0) is 16.0 Å². The molecule has 0 radical (unpaired) electrons. The zero-order chi connectivity index (χ0) is 14.5. The molecule has 1 N–H and O–H groups in total. The smallest absolute Gasteiger partial charge is 0.142 e. The number of hydrogen-bond donors (Lipinski definition) is 1. The normalized spacial score (nSPS) is 18.6. The lowest BCUT2D eigenvalue weighted by molar-refractivity contribution is -0.121. The van der Waals surface area contributed by atoms with Crippen molar-refractivity contribution in [2.24, 2.45) is 0 Å². The Morgan fingerprint density at radius 2 is 2.24 bits per heavy atom. The molecule has 1 fully saturated rings. The Hall–Kier alpha value is -1.56. The zero-order valence-corrected chi connectivity index (χ0v) is 12.6. The number of ether oxygens (including phenoxy) is 1. The first kappa shape index (κ1) is 14.4. The minimum Gasteiger partial charge on any atom is -0.375 e. The second-order valence-electron chi connectivity index (χ2n) is 5.11. The quantitative estimate of drug-likeness (QED) is 0.921. The van der Waals surface area contributed by atoms with Crippen LogP contribution in [0.5, 0.6) is 0 Å². The fraction of sp³-hybridized carbons (Fsp3) is 0.375. The van der Waals surface area contributed by atoms with Crippen molar-refractivity contribution in [2.75, 3.05) is 19.7 Å². The van der Waals surface area contributed by atoms with Crippen molar-refractivity contribution >= 4 is 17.1 Å². The van der Waals surface area contributed by atoms with Crippen molar-refractivity contribution in [3.8, 4) is 11.3 Å². The summed E-state index contributed by atoms with van der Waals surface area (Å²) in [6.45, 7) is 2.32. The maximum atomic E-state index is 12.1.